The van der Waals surface area contributed by atoms with Crippen LogP contribution in [0.3, 0.4) is 0 Å². The fourth-order valence-corrected chi connectivity index (χ4v) is 0.897. The average molecular weight is 220 g/mol. The number of para-hydroxylation sites is 1. The average Bonchev–Trinajstić information content (AvgIpc) is 2.17. The Morgan fingerprint density at radius 2 is 1.75 bits per heavy atom. The van der Waals surface area contributed by atoms with E-state index in [2.05, 4.69) is 6.58 Å². The molecule has 0 atom stereocenters. The molecule has 0 bridgehead atoms. The Balaban J connectivity index is 2.52. The van der Waals surface area contributed by atoms with Crippen molar-refractivity contribution in [2.24, 2.45) is 5.41 Å². The van der Waals surface area contributed by atoms with E-state index in [9.17, 15) is 4.79 Å². The minimum atomic E-state index is -0.566. The molecular formula is C13H16O3. The van der Waals surface area contributed by atoms with Crippen molar-refractivity contribution in [1.29, 1.82) is 0 Å². The van der Waals surface area contributed by atoms with E-state index >= 15 is 0 Å². The van der Waals surface area contributed by atoms with Crippen molar-refractivity contribution in [2.45, 2.75) is 20.8 Å². The van der Waals surface area contributed by atoms with Crippen molar-refractivity contribution in [3.63, 3.8) is 0 Å². The van der Waals surface area contributed by atoms with Gasteiger partial charge in [-0.1, -0.05) is 18.2 Å². The summed E-state index contributed by atoms with van der Waals surface area (Å²) in [4.78, 5) is 11.5. The number of hydrogen-bond acceptors (Lipinski definition) is 3. The highest BCUT2D eigenvalue weighted by Gasteiger charge is 2.24. The fourth-order valence-electron chi connectivity index (χ4n) is 0.897. The van der Waals surface area contributed by atoms with Gasteiger partial charge in [-0.3, -0.25) is 4.79 Å². The maximum absolute atomic E-state index is 11.5. The molecular weight excluding hydrogens is 204 g/mol. The van der Waals surface area contributed by atoms with E-state index in [1.807, 2.05) is 18.2 Å². The van der Waals surface area contributed by atoms with Crippen molar-refractivity contribution in [1.82, 2.24) is 0 Å². The summed E-state index contributed by atoms with van der Waals surface area (Å²) in [5, 5.41) is 0. The van der Waals surface area contributed by atoms with E-state index in [1.165, 1.54) is 0 Å². The van der Waals surface area contributed by atoms with E-state index in [-0.39, 0.29) is 11.9 Å². The number of benzene rings is 1. The zero-order chi connectivity index (χ0) is 12.2. The van der Waals surface area contributed by atoms with Crippen LogP contribution in [-0.4, -0.2) is 5.97 Å². The van der Waals surface area contributed by atoms with Gasteiger partial charge in [0.2, 0.25) is 0 Å². The Kier molecular flexibility index (Phi) is 3.72. The van der Waals surface area contributed by atoms with Crippen molar-refractivity contribution < 1.29 is 14.3 Å². The SMILES string of the molecule is C=C(OC(=O)C(C)(C)C)Oc1ccccc1. The first-order valence-corrected chi connectivity index (χ1v) is 5.03. The molecule has 0 saturated carbocycles. The predicted octanol–water partition coefficient (Wildman–Crippen LogP) is 3.13. The lowest BCUT2D eigenvalue weighted by Gasteiger charge is -2.17. The van der Waals surface area contributed by atoms with Gasteiger partial charge in [-0.15, -0.1) is 0 Å². The molecule has 0 spiro atoms. The van der Waals surface area contributed by atoms with Crippen LogP contribution in [0.1, 0.15) is 20.8 Å². The Morgan fingerprint density at radius 3 is 2.25 bits per heavy atom. The van der Waals surface area contributed by atoms with Gasteiger partial charge in [-0.05, 0) is 39.5 Å². The molecule has 0 N–H and O–H groups in total. The zero-order valence-corrected chi connectivity index (χ0v) is 9.82. The predicted molar refractivity (Wildman–Crippen MR) is 61.8 cm³/mol. The summed E-state index contributed by atoms with van der Waals surface area (Å²) < 4.78 is 10.2. The van der Waals surface area contributed by atoms with E-state index in [4.69, 9.17) is 9.47 Å². The number of carbonyl (C=O) groups excluding carboxylic acids is 1. The first-order valence-electron chi connectivity index (χ1n) is 5.03. The second-order valence-corrected chi connectivity index (χ2v) is 4.43. The first-order chi connectivity index (χ1) is 7.39. The maximum Gasteiger partial charge on any atom is 0.318 e. The summed E-state index contributed by atoms with van der Waals surface area (Å²) in [6.07, 6.45) is 0. The minimum Gasteiger partial charge on any atom is -0.426 e. The van der Waals surface area contributed by atoms with Gasteiger partial charge >= 0.3 is 5.97 Å². The van der Waals surface area contributed by atoms with Crippen molar-refractivity contribution in [3.8, 4) is 5.75 Å². The highest BCUT2D eigenvalue weighted by Crippen LogP contribution is 2.19. The first kappa shape index (κ1) is 12.3. The lowest BCUT2D eigenvalue weighted by Crippen LogP contribution is -2.23. The van der Waals surface area contributed by atoms with Gasteiger partial charge in [0, 0.05) is 0 Å². The Bertz CT molecular complexity index is 374. The van der Waals surface area contributed by atoms with Crippen LogP contribution in [0.2, 0.25) is 0 Å². The molecule has 3 heteroatoms. The Morgan fingerprint density at radius 1 is 1.19 bits per heavy atom. The summed E-state index contributed by atoms with van der Waals surface area (Å²) in [7, 11) is 0. The molecule has 3 nitrogen and oxygen atoms in total. The van der Waals surface area contributed by atoms with Crippen LogP contribution in [0, 0.1) is 5.41 Å². The molecule has 1 aromatic carbocycles. The largest absolute Gasteiger partial charge is 0.426 e. The van der Waals surface area contributed by atoms with Crippen LogP contribution in [0.5, 0.6) is 5.75 Å². The molecule has 1 rings (SSSR count). The normalized spacial score (nSPS) is 10.7. The molecule has 0 radical (unpaired) electrons. The molecule has 0 aliphatic carbocycles. The maximum atomic E-state index is 11.5. The third-order valence-electron chi connectivity index (χ3n) is 1.79. The highest BCUT2D eigenvalue weighted by atomic mass is 16.7. The highest BCUT2D eigenvalue weighted by molar-refractivity contribution is 5.76. The number of hydrogen-bond donors (Lipinski definition) is 0. The molecule has 1 aromatic rings. The molecule has 0 aliphatic heterocycles. The summed E-state index contributed by atoms with van der Waals surface area (Å²) in [6, 6.07) is 9.05. The van der Waals surface area contributed by atoms with Crippen LogP contribution in [0.25, 0.3) is 0 Å². The summed E-state index contributed by atoms with van der Waals surface area (Å²) in [5.74, 6) is 0.216. The zero-order valence-electron chi connectivity index (χ0n) is 9.82. The Labute approximate surface area is 95.7 Å². The molecule has 0 aliphatic rings. The van der Waals surface area contributed by atoms with E-state index in [0.29, 0.717) is 5.75 Å². The molecule has 0 amide bonds. The smallest absolute Gasteiger partial charge is 0.318 e. The number of carbonyl (C=O) groups is 1. The second-order valence-electron chi connectivity index (χ2n) is 4.43. The van der Waals surface area contributed by atoms with E-state index in [1.54, 1.807) is 32.9 Å². The number of ether oxygens (including phenoxy) is 2. The summed E-state index contributed by atoms with van der Waals surface area (Å²) in [5.41, 5.74) is -0.566. The third kappa shape index (κ3) is 3.77. The van der Waals surface area contributed by atoms with Crippen molar-refractivity contribution >= 4 is 5.97 Å². The van der Waals surface area contributed by atoms with Crippen LogP contribution < -0.4 is 4.74 Å². The molecule has 0 aromatic heterocycles. The quantitative estimate of drug-likeness (QED) is 0.580. The van der Waals surface area contributed by atoms with Gasteiger partial charge in [0.1, 0.15) is 5.75 Å². The van der Waals surface area contributed by atoms with Crippen LogP contribution in [0.4, 0.5) is 0 Å². The fraction of sp³-hybridized carbons (Fsp3) is 0.308. The van der Waals surface area contributed by atoms with Gasteiger partial charge < -0.3 is 9.47 Å². The minimum absolute atomic E-state index is 0.00822. The second kappa shape index (κ2) is 4.84. The monoisotopic (exact) mass is 220 g/mol. The van der Waals surface area contributed by atoms with E-state index in [0.717, 1.165) is 0 Å². The topological polar surface area (TPSA) is 35.5 Å². The molecule has 0 saturated heterocycles. The standard InChI is InChI=1S/C13H16O3/c1-10(16-12(14)13(2,3)4)15-11-8-6-5-7-9-11/h5-9H,1H2,2-4H3. The van der Waals surface area contributed by atoms with Crippen LogP contribution in [0.15, 0.2) is 42.9 Å². The Hall–Kier alpha value is -1.77. The molecule has 0 fully saturated rings. The molecule has 0 unspecified atom stereocenters. The molecule has 16 heavy (non-hydrogen) atoms. The summed E-state index contributed by atoms with van der Waals surface area (Å²) in [6.45, 7) is 8.85. The van der Waals surface area contributed by atoms with Crippen molar-refractivity contribution in [3.05, 3.63) is 42.9 Å². The lowest BCUT2D eigenvalue weighted by atomic mass is 9.97. The van der Waals surface area contributed by atoms with Crippen molar-refractivity contribution in [2.75, 3.05) is 0 Å². The third-order valence-corrected chi connectivity index (χ3v) is 1.79. The summed E-state index contributed by atoms with van der Waals surface area (Å²) >= 11 is 0. The van der Waals surface area contributed by atoms with Gasteiger partial charge in [0.25, 0.3) is 5.95 Å². The number of rotatable bonds is 3. The molecule has 0 heterocycles. The number of esters is 1. The van der Waals surface area contributed by atoms with Crippen LogP contribution >= 0.6 is 0 Å². The van der Waals surface area contributed by atoms with Gasteiger partial charge in [-0.2, -0.15) is 0 Å². The lowest BCUT2D eigenvalue weighted by molar-refractivity contribution is -0.151. The van der Waals surface area contributed by atoms with Gasteiger partial charge in [0.05, 0.1) is 5.41 Å². The van der Waals surface area contributed by atoms with Crippen LogP contribution in [-0.2, 0) is 9.53 Å². The molecule has 86 valence electrons. The van der Waals surface area contributed by atoms with E-state index < -0.39 is 5.41 Å². The van der Waals surface area contributed by atoms with Gasteiger partial charge in [0.15, 0.2) is 0 Å². The van der Waals surface area contributed by atoms with Gasteiger partial charge in [-0.25, -0.2) is 0 Å².